The molecular weight excluding hydrogens is 264 g/mol. The second-order valence-electron chi connectivity index (χ2n) is 5.06. The van der Waals surface area contributed by atoms with Gasteiger partial charge in [-0.1, -0.05) is 31.3 Å². The molecule has 0 spiro atoms. The van der Waals surface area contributed by atoms with Crippen molar-refractivity contribution in [2.75, 3.05) is 5.75 Å². The molecule has 0 atom stereocenters. The lowest BCUT2D eigenvalue weighted by Gasteiger charge is -2.31. The molecular formula is C13H20N2O3S. The quantitative estimate of drug-likeness (QED) is 0.865. The van der Waals surface area contributed by atoms with Crippen molar-refractivity contribution in [1.29, 1.82) is 0 Å². The van der Waals surface area contributed by atoms with E-state index in [1.54, 1.807) is 11.8 Å². The zero-order chi connectivity index (χ0) is 13.7. The summed E-state index contributed by atoms with van der Waals surface area (Å²) in [5.41, 5.74) is -0.694. The van der Waals surface area contributed by atoms with Crippen molar-refractivity contribution in [3.05, 3.63) is 11.7 Å². The molecule has 0 amide bonds. The molecule has 1 aliphatic carbocycles. The van der Waals surface area contributed by atoms with Crippen molar-refractivity contribution in [3.63, 3.8) is 0 Å². The van der Waals surface area contributed by atoms with Gasteiger partial charge in [0.15, 0.2) is 5.82 Å². The summed E-state index contributed by atoms with van der Waals surface area (Å²) in [4.78, 5) is 15.9. The number of carbonyl (C=O) groups is 1. The Labute approximate surface area is 117 Å². The van der Waals surface area contributed by atoms with Gasteiger partial charge < -0.3 is 9.63 Å². The maximum absolute atomic E-state index is 11.6. The lowest BCUT2D eigenvalue weighted by atomic mass is 9.72. The van der Waals surface area contributed by atoms with E-state index < -0.39 is 11.4 Å². The minimum atomic E-state index is -0.727. The number of carboxylic acid groups (broad SMARTS) is 1. The molecule has 106 valence electrons. The molecule has 1 aromatic rings. The van der Waals surface area contributed by atoms with Gasteiger partial charge in [0, 0.05) is 6.42 Å². The van der Waals surface area contributed by atoms with E-state index in [1.165, 1.54) is 0 Å². The molecule has 1 aliphatic rings. The first kappa shape index (κ1) is 14.4. The third-order valence-electron chi connectivity index (χ3n) is 3.70. The van der Waals surface area contributed by atoms with Gasteiger partial charge in [-0.25, -0.2) is 0 Å². The van der Waals surface area contributed by atoms with Gasteiger partial charge in [-0.3, -0.25) is 4.79 Å². The summed E-state index contributed by atoms with van der Waals surface area (Å²) in [5.74, 6) is 2.13. The number of rotatable bonds is 6. The lowest BCUT2D eigenvalue weighted by Crippen LogP contribution is -2.35. The predicted octanol–water partition coefficient (Wildman–Crippen LogP) is 2.90. The normalized spacial score (nSPS) is 18.4. The number of aliphatic carboxylic acids is 1. The SMILES string of the molecule is CCSCc1noc(CC2(C(=O)O)CCCCC2)n1. The topological polar surface area (TPSA) is 76.2 Å². The van der Waals surface area contributed by atoms with Crippen LogP contribution < -0.4 is 0 Å². The van der Waals surface area contributed by atoms with Crippen molar-refractivity contribution in [3.8, 4) is 0 Å². The highest BCUT2D eigenvalue weighted by molar-refractivity contribution is 7.98. The van der Waals surface area contributed by atoms with Gasteiger partial charge >= 0.3 is 5.97 Å². The number of aromatic nitrogens is 2. The zero-order valence-corrected chi connectivity index (χ0v) is 12.0. The van der Waals surface area contributed by atoms with Gasteiger partial charge in [0.05, 0.1) is 11.2 Å². The minimum Gasteiger partial charge on any atom is -0.481 e. The van der Waals surface area contributed by atoms with Gasteiger partial charge in [-0.15, -0.1) is 0 Å². The first-order valence-corrected chi connectivity index (χ1v) is 7.94. The number of hydrogen-bond donors (Lipinski definition) is 1. The largest absolute Gasteiger partial charge is 0.481 e. The molecule has 1 N–H and O–H groups in total. The Morgan fingerprint density at radius 2 is 2.16 bits per heavy atom. The number of carboxylic acids is 1. The highest BCUT2D eigenvalue weighted by Crippen LogP contribution is 2.39. The van der Waals surface area contributed by atoms with Gasteiger partial charge in [0.1, 0.15) is 0 Å². The number of hydrogen-bond acceptors (Lipinski definition) is 5. The second-order valence-corrected chi connectivity index (χ2v) is 6.34. The van der Waals surface area contributed by atoms with Crippen molar-refractivity contribution >= 4 is 17.7 Å². The smallest absolute Gasteiger partial charge is 0.310 e. The van der Waals surface area contributed by atoms with Crippen LogP contribution in [0.2, 0.25) is 0 Å². The molecule has 0 radical (unpaired) electrons. The summed E-state index contributed by atoms with van der Waals surface area (Å²) in [7, 11) is 0. The van der Waals surface area contributed by atoms with E-state index in [2.05, 4.69) is 17.1 Å². The summed E-state index contributed by atoms with van der Waals surface area (Å²) >= 11 is 1.72. The van der Waals surface area contributed by atoms with E-state index in [4.69, 9.17) is 4.52 Å². The Morgan fingerprint density at radius 1 is 1.42 bits per heavy atom. The predicted molar refractivity (Wildman–Crippen MR) is 73.0 cm³/mol. The molecule has 6 heteroatoms. The summed E-state index contributed by atoms with van der Waals surface area (Å²) in [6.07, 6.45) is 4.86. The average molecular weight is 284 g/mol. The maximum Gasteiger partial charge on any atom is 0.310 e. The van der Waals surface area contributed by atoms with E-state index in [0.29, 0.717) is 31.0 Å². The van der Waals surface area contributed by atoms with Gasteiger partial charge in [0.25, 0.3) is 0 Å². The van der Waals surface area contributed by atoms with Crippen LogP contribution in [0.25, 0.3) is 0 Å². The first-order chi connectivity index (χ1) is 9.16. The standard InChI is InChI=1S/C13H20N2O3S/c1-2-19-9-10-14-11(18-15-10)8-13(12(16)17)6-4-3-5-7-13/h2-9H2,1H3,(H,16,17). The molecule has 1 aromatic heterocycles. The van der Waals surface area contributed by atoms with Crippen LogP contribution in [0.4, 0.5) is 0 Å². The number of nitrogens with zero attached hydrogens (tertiary/aromatic N) is 2. The fourth-order valence-electron chi connectivity index (χ4n) is 2.60. The van der Waals surface area contributed by atoms with E-state index in [-0.39, 0.29) is 0 Å². The van der Waals surface area contributed by atoms with E-state index in [9.17, 15) is 9.90 Å². The van der Waals surface area contributed by atoms with E-state index in [0.717, 1.165) is 30.8 Å². The van der Waals surface area contributed by atoms with Crippen molar-refractivity contribution in [2.45, 2.75) is 51.2 Å². The summed E-state index contributed by atoms with van der Waals surface area (Å²) in [6.45, 7) is 2.08. The van der Waals surface area contributed by atoms with Crippen molar-refractivity contribution in [2.24, 2.45) is 5.41 Å². The van der Waals surface area contributed by atoms with Gasteiger partial charge in [-0.05, 0) is 18.6 Å². The highest BCUT2D eigenvalue weighted by atomic mass is 32.2. The Kier molecular flexibility index (Phi) is 4.85. The first-order valence-electron chi connectivity index (χ1n) is 6.79. The van der Waals surface area contributed by atoms with Gasteiger partial charge in [0.2, 0.25) is 5.89 Å². The monoisotopic (exact) mass is 284 g/mol. The molecule has 1 heterocycles. The van der Waals surface area contributed by atoms with Crippen LogP contribution in [0.5, 0.6) is 0 Å². The van der Waals surface area contributed by atoms with E-state index >= 15 is 0 Å². The fraction of sp³-hybridized carbons (Fsp3) is 0.769. The highest BCUT2D eigenvalue weighted by Gasteiger charge is 2.41. The van der Waals surface area contributed by atoms with E-state index in [1.807, 2.05) is 0 Å². The Hall–Kier alpha value is -1.04. The molecule has 5 nitrogen and oxygen atoms in total. The molecule has 0 bridgehead atoms. The Bertz CT molecular complexity index is 427. The van der Waals surface area contributed by atoms with Crippen LogP contribution in [0.1, 0.15) is 50.7 Å². The third kappa shape index (κ3) is 3.49. The molecule has 0 aromatic carbocycles. The third-order valence-corrected chi connectivity index (χ3v) is 4.57. The minimum absolute atomic E-state index is 0.367. The van der Waals surface area contributed by atoms with Crippen LogP contribution in [0.15, 0.2) is 4.52 Å². The van der Waals surface area contributed by atoms with Crippen LogP contribution in [0, 0.1) is 5.41 Å². The fourth-order valence-corrected chi connectivity index (χ4v) is 3.10. The van der Waals surface area contributed by atoms with Crippen LogP contribution in [0.3, 0.4) is 0 Å². The lowest BCUT2D eigenvalue weighted by molar-refractivity contribution is -0.151. The second kappa shape index (κ2) is 6.41. The molecule has 1 fully saturated rings. The Balaban J connectivity index is 2.04. The summed E-state index contributed by atoms with van der Waals surface area (Å²) < 4.78 is 5.20. The number of thioether (sulfide) groups is 1. The summed E-state index contributed by atoms with van der Waals surface area (Å²) in [5, 5.41) is 13.4. The molecule has 0 aliphatic heterocycles. The average Bonchev–Trinajstić information content (AvgIpc) is 2.84. The van der Waals surface area contributed by atoms with Gasteiger partial charge in [-0.2, -0.15) is 16.7 Å². The van der Waals surface area contributed by atoms with Crippen LogP contribution in [-0.4, -0.2) is 27.0 Å². The van der Waals surface area contributed by atoms with Crippen molar-refractivity contribution in [1.82, 2.24) is 10.1 Å². The molecule has 2 rings (SSSR count). The maximum atomic E-state index is 11.6. The molecule has 1 saturated carbocycles. The zero-order valence-electron chi connectivity index (χ0n) is 11.2. The molecule has 0 unspecified atom stereocenters. The Morgan fingerprint density at radius 3 is 2.79 bits per heavy atom. The summed E-state index contributed by atoms with van der Waals surface area (Å²) in [6, 6.07) is 0. The van der Waals surface area contributed by atoms with Crippen molar-refractivity contribution < 1.29 is 14.4 Å². The van der Waals surface area contributed by atoms with Crippen LogP contribution >= 0.6 is 11.8 Å². The molecule has 19 heavy (non-hydrogen) atoms. The van der Waals surface area contributed by atoms with Crippen LogP contribution in [-0.2, 0) is 17.0 Å². The molecule has 0 saturated heterocycles.